The maximum absolute atomic E-state index is 4.18. The molecule has 0 fully saturated rings. The molecule has 0 bridgehead atoms. The minimum Gasteiger partial charge on any atom is -0.314 e. The molecule has 0 aliphatic carbocycles. The third kappa shape index (κ3) is 3.14. The van der Waals surface area contributed by atoms with Gasteiger partial charge >= 0.3 is 0 Å². The van der Waals surface area contributed by atoms with Gasteiger partial charge in [-0.15, -0.1) is 0 Å². The van der Waals surface area contributed by atoms with Crippen LogP contribution in [0.2, 0.25) is 0 Å². The molecule has 0 saturated carbocycles. The summed E-state index contributed by atoms with van der Waals surface area (Å²) < 4.78 is 1.82. The number of rotatable bonds is 5. The number of nitrogens with zero attached hydrogens (tertiary/aromatic N) is 3. The minimum absolute atomic E-state index is 0.475. The van der Waals surface area contributed by atoms with E-state index in [-0.39, 0.29) is 0 Å². The van der Waals surface area contributed by atoms with Crippen molar-refractivity contribution in [2.45, 2.75) is 32.7 Å². The quantitative estimate of drug-likeness (QED) is 0.730. The Morgan fingerprint density at radius 1 is 1.62 bits per heavy atom. The molecule has 1 aromatic rings. The van der Waals surface area contributed by atoms with Crippen molar-refractivity contribution in [3.05, 3.63) is 12.2 Å². The molecule has 4 heteroatoms. The molecule has 1 unspecified atom stereocenters. The van der Waals surface area contributed by atoms with Crippen molar-refractivity contribution in [1.29, 1.82) is 0 Å². The lowest BCUT2D eigenvalue weighted by molar-refractivity contribution is 0.520. The fourth-order valence-corrected chi connectivity index (χ4v) is 1.24. The number of nitrogens with one attached hydrogen (secondary N) is 1. The Morgan fingerprint density at radius 3 is 2.92 bits per heavy atom. The summed E-state index contributed by atoms with van der Waals surface area (Å²) in [5.74, 6) is 1.04. The smallest absolute Gasteiger partial charge is 0.138 e. The maximum atomic E-state index is 4.18. The summed E-state index contributed by atoms with van der Waals surface area (Å²) >= 11 is 0. The van der Waals surface area contributed by atoms with E-state index in [1.54, 1.807) is 6.33 Å². The summed E-state index contributed by atoms with van der Waals surface area (Å²) in [5.41, 5.74) is 0. The summed E-state index contributed by atoms with van der Waals surface area (Å²) in [7, 11) is 1.93. The molecule has 74 valence electrons. The topological polar surface area (TPSA) is 42.7 Å². The van der Waals surface area contributed by atoms with Crippen LogP contribution in [0, 0.1) is 0 Å². The Kier molecular flexibility index (Phi) is 3.89. The van der Waals surface area contributed by atoms with E-state index in [1.165, 1.54) is 6.42 Å². The summed E-state index contributed by atoms with van der Waals surface area (Å²) in [6.07, 6.45) is 3.71. The third-order valence-electron chi connectivity index (χ3n) is 2.04. The van der Waals surface area contributed by atoms with Crippen LogP contribution in [0.3, 0.4) is 0 Å². The van der Waals surface area contributed by atoms with Gasteiger partial charge in [-0.3, -0.25) is 4.68 Å². The molecule has 0 amide bonds. The van der Waals surface area contributed by atoms with Crippen LogP contribution in [0.1, 0.15) is 26.1 Å². The molecule has 1 rings (SSSR count). The maximum Gasteiger partial charge on any atom is 0.138 e. The molecule has 0 spiro atoms. The zero-order chi connectivity index (χ0) is 9.68. The van der Waals surface area contributed by atoms with E-state index in [0.717, 1.165) is 18.8 Å². The highest BCUT2D eigenvalue weighted by molar-refractivity contribution is 4.87. The number of hydrogen-bond acceptors (Lipinski definition) is 3. The minimum atomic E-state index is 0.475. The van der Waals surface area contributed by atoms with Gasteiger partial charge in [0, 0.05) is 19.5 Å². The Balaban J connectivity index is 2.36. The molecule has 1 aromatic heterocycles. The molecule has 0 radical (unpaired) electrons. The molecule has 1 N–H and O–H groups in total. The average Bonchev–Trinajstić information content (AvgIpc) is 2.48. The second kappa shape index (κ2) is 4.97. The first-order valence-electron chi connectivity index (χ1n) is 4.80. The van der Waals surface area contributed by atoms with Gasteiger partial charge in [0.05, 0.1) is 0 Å². The van der Waals surface area contributed by atoms with Crippen molar-refractivity contribution in [3.63, 3.8) is 0 Å². The van der Waals surface area contributed by atoms with Crippen molar-refractivity contribution in [1.82, 2.24) is 20.1 Å². The predicted molar refractivity (Wildman–Crippen MR) is 52.5 cm³/mol. The highest BCUT2D eigenvalue weighted by atomic mass is 15.3. The molecule has 13 heavy (non-hydrogen) atoms. The van der Waals surface area contributed by atoms with E-state index >= 15 is 0 Å². The van der Waals surface area contributed by atoms with Crippen LogP contribution in [0.5, 0.6) is 0 Å². The van der Waals surface area contributed by atoms with Crippen LogP contribution in [0.15, 0.2) is 6.33 Å². The molecular weight excluding hydrogens is 164 g/mol. The largest absolute Gasteiger partial charge is 0.314 e. The second-order valence-corrected chi connectivity index (χ2v) is 3.36. The second-order valence-electron chi connectivity index (χ2n) is 3.36. The Labute approximate surface area is 79.4 Å². The van der Waals surface area contributed by atoms with Crippen molar-refractivity contribution in [3.8, 4) is 0 Å². The van der Waals surface area contributed by atoms with Gasteiger partial charge in [-0.1, -0.05) is 6.92 Å². The van der Waals surface area contributed by atoms with Crippen LogP contribution >= 0.6 is 0 Å². The molecule has 0 saturated heterocycles. The first kappa shape index (κ1) is 10.2. The first-order chi connectivity index (χ1) is 6.24. The highest BCUT2D eigenvalue weighted by Crippen LogP contribution is 1.96. The number of aromatic nitrogens is 3. The van der Waals surface area contributed by atoms with Crippen LogP contribution in [-0.4, -0.2) is 27.4 Å². The lowest BCUT2D eigenvalue weighted by atomic mass is 10.2. The Hall–Kier alpha value is -0.900. The molecule has 0 aliphatic heterocycles. The molecule has 1 atom stereocenters. The zero-order valence-corrected chi connectivity index (χ0v) is 8.62. The van der Waals surface area contributed by atoms with Gasteiger partial charge in [0.1, 0.15) is 12.2 Å². The fourth-order valence-electron chi connectivity index (χ4n) is 1.24. The van der Waals surface area contributed by atoms with E-state index in [4.69, 9.17) is 0 Å². The van der Waals surface area contributed by atoms with Crippen LogP contribution in [-0.2, 0) is 13.5 Å². The Morgan fingerprint density at radius 2 is 2.38 bits per heavy atom. The average molecular weight is 182 g/mol. The van der Waals surface area contributed by atoms with E-state index < -0.39 is 0 Å². The zero-order valence-electron chi connectivity index (χ0n) is 8.62. The first-order valence-corrected chi connectivity index (χ1v) is 4.80. The molecule has 4 nitrogen and oxygen atoms in total. The summed E-state index contributed by atoms with van der Waals surface area (Å²) in [6.45, 7) is 5.41. The standard InChI is InChI=1S/C9H18N4/c1-4-5-10-8(2)6-9-11-7-12-13(9)3/h7-8,10H,4-6H2,1-3H3. The third-order valence-corrected chi connectivity index (χ3v) is 2.04. The summed E-state index contributed by atoms with van der Waals surface area (Å²) in [5, 5.41) is 7.44. The van der Waals surface area contributed by atoms with Crippen molar-refractivity contribution in [2.75, 3.05) is 6.54 Å². The molecule has 1 heterocycles. The fraction of sp³-hybridized carbons (Fsp3) is 0.778. The number of aryl methyl sites for hydroxylation is 1. The van der Waals surface area contributed by atoms with Crippen molar-refractivity contribution in [2.24, 2.45) is 7.05 Å². The van der Waals surface area contributed by atoms with Crippen LogP contribution in [0.4, 0.5) is 0 Å². The van der Waals surface area contributed by atoms with E-state index in [1.807, 2.05) is 11.7 Å². The van der Waals surface area contributed by atoms with E-state index in [0.29, 0.717) is 6.04 Å². The lowest BCUT2D eigenvalue weighted by Crippen LogP contribution is -2.29. The van der Waals surface area contributed by atoms with Gasteiger partial charge in [0.15, 0.2) is 0 Å². The van der Waals surface area contributed by atoms with Crippen LogP contribution < -0.4 is 5.32 Å². The van der Waals surface area contributed by atoms with Gasteiger partial charge in [-0.2, -0.15) is 5.10 Å². The summed E-state index contributed by atoms with van der Waals surface area (Å²) in [6, 6.07) is 0.475. The SMILES string of the molecule is CCCNC(C)Cc1ncnn1C. The van der Waals surface area contributed by atoms with Gasteiger partial charge in [-0.25, -0.2) is 4.98 Å². The van der Waals surface area contributed by atoms with Gasteiger partial charge in [-0.05, 0) is 19.9 Å². The summed E-state index contributed by atoms with van der Waals surface area (Å²) in [4.78, 5) is 4.18. The normalized spacial score (nSPS) is 13.2. The lowest BCUT2D eigenvalue weighted by Gasteiger charge is -2.11. The van der Waals surface area contributed by atoms with Gasteiger partial charge in [0.25, 0.3) is 0 Å². The molecule has 0 aliphatic rings. The molecule has 0 aromatic carbocycles. The molecular formula is C9H18N4. The van der Waals surface area contributed by atoms with E-state index in [9.17, 15) is 0 Å². The van der Waals surface area contributed by atoms with Crippen molar-refractivity contribution >= 4 is 0 Å². The number of hydrogen-bond donors (Lipinski definition) is 1. The van der Waals surface area contributed by atoms with Gasteiger partial charge in [0.2, 0.25) is 0 Å². The van der Waals surface area contributed by atoms with Crippen molar-refractivity contribution < 1.29 is 0 Å². The van der Waals surface area contributed by atoms with Gasteiger partial charge < -0.3 is 5.32 Å². The Bertz CT molecular complexity index is 244. The highest BCUT2D eigenvalue weighted by Gasteiger charge is 2.06. The monoisotopic (exact) mass is 182 g/mol. The van der Waals surface area contributed by atoms with E-state index in [2.05, 4.69) is 29.2 Å². The van der Waals surface area contributed by atoms with Crippen LogP contribution in [0.25, 0.3) is 0 Å². The predicted octanol–water partition coefficient (Wildman–Crippen LogP) is 0.746.